The minimum absolute atomic E-state index is 0.123. The fourth-order valence-electron chi connectivity index (χ4n) is 4.55. The zero-order valence-electron chi connectivity index (χ0n) is 20.3. The number of piperidine rings is 1. The van der Waals surface area contributed by atoms with Crippen molar-refractivity contribution in [3.05, 3.63) is 41.4 Å². The Morgan fingerprint density at radius 2 is 1.92 bits per heavy atom. The van der Waals surface area contributed by atoms with Crippen LogP contribution in [0.25, 0.3) is 11.2 Å². The summed E-state index contributed by atoms with van der Waals surface area (Å²) in [7, 11) is 0. The molecule has 0 spiro atoms. The van der Waals surface area contributed by atoms with Gasteiger partial charge in [0, 0.05) is 24.5 Å². The summed E-state index contributed by atoms with van der Waals surface area (Å²) >= 11 is 5.87. The number of nitrogens with two attached hydrogens (primary N) is 1. The molecule has 13 heteroatoms. The summed E-state index contributed by atoms with van der Waals surface area (Å²) in [5, 5.41) is 30.4. The van der Waals surface area contributed by atoms with Gasteiger partial charge in [-0.2, -0.15) is 0 Å². The highest BCUT2D eigenvalue weighted by Crippen LogP contribution is 2.32. The van der Waals surface area contributed by atoms with Crippen LogP contribution in [0.1, 0.15) is 31.3 Å². The van der Waals surface area contributed by atoms with E-state index in [1.807, 2.05) is 0 Å². The van der Waals surface area contributed by atoms with E-state index in [0.29, 0.717) is 47.4 Å². The van der Waals surface area contributed by atoms with Crippen molar-refractivity contribution in [2.75, 3.05) is 25.4 Å². The van der Waals surface area contributed by atoms with Crippen LogP contribution in [0.15, 0.2) is 30.6 Å². The summed E-state index contributed by atoms with van der Waals surface area (Å²) in [6.07, 6.45) is -1.32. The smallest absolute Gasteiger partial charge is 0.410 e. The lowest BCUT2D eigenvalue weighted by Crippen LogP contribution is -2.40. The van der Waals surface area contributed by atoms with Gasteiger partial charge in [-0.25, -0.2) is 19.7 Å². The number of hydrogen-bond acceptors (Lipinski definition) is 10. The molecule has 2 aliphatic rings. The highest BCUT2D eigenvalue weighted by Gasteiger charge is 2.44. The second kappa shape index (κ2) is 11.1. The molecule has 12 nitrogen and oxygen atoms in total. The molecule has 0 bridgehead atoms. The Bertz CT molecular complexity index is 1360. The maximum Gasteiger partial charge on any atom is 0.415 e. The summed E-state index contributed by atoms with van der Waals surface area (Å²) in [5.41, 5.74) is 6.67. The minimum Gasteiger partial charge on any atom is -0.410 e. The van der Waals surface area contributed by atoms with Crippen molar-refractivity contribution >= 4 is 34.7 Å². The topological polar surface area (TPSA) is 169 Å². The number of imidazole rings is 1. The Morgan fingerprint density at radius 3 is 2.61 bits per heavy atom. The molecule has 4 atom stereocenters. The molecule has 0 aliphatic carbocycles. The molecule has 2 saturated heterocycles. The Labute approximate surface area is 223 Å². The number of carbonyl (C=O) groups excluding carboxylic acids is 1. The van der Waals surface area contributed by atoms with Crippen molar-refractivity contribution in [2.24, 2.45) is 5.92 Å². The van der Waals surface area contributed by atoms with Crippen molar-refractivity contribution in [2.45, 2.75) is 43.8 Å². The quantitative estimate of drug-likeness (QED) is 0.353. The average molecular weight is 543 g/mol. The number of rotatable bonds is 4. The summed E-state index contributed by atoms with van der Waals surface area (Å²) in [6.45, 7) is 0.688. The van der Waals surface area contributed by atoms with E-state index >= 15 is 0 Å². The number of aliphatic hydroxyl groups excluding tert-OH is 3. The lowest BCUT2D eigenvalue weighted by Gasteiger charge is -2.30. The van der Waals surface area contributed by atoms with Gasteiger partial charge in [-0.15, -0.1) is 0 Å². The summed E-state index contributed by atoms with van der Waals surface area (Å²) in [6, 6.07) is 6.64. The van der Waals surface area contributed by atoms with Gasteiger partial charge < -0.3 is 35.4 Å². The molecule has 38 heavy (non-hydrogen) atoms. The number of nitrogens with zero attached hydrogens (tertiary/aromatic N) is 5. The molecule has 3 aromatic rings. The highest BCUT2D eigenvalue weighted by atomic mass is 35.5. The van der Waals surface area contributed by atoms with Crippen LogP contribution in [0.4, 0.5) is 10.6 Å². The third-order valence-electron chi connectivity index (χ3n) is 6.72. The molecule has 4 heterocycles. The standard InChI is InChI=1S/C25H27ClN6O6/c26-15-4-6-16(7-5-15)37-25(36)31-10-8-14(9-11-31)2-1-3-18-29-22(27)19-23(30-18)32(13-28-19)24-21(35)20(34)17(12-33)38-24/h4-7,13-14,17,20-21,24,33-35H,2,8-12H2,(H2,27,29,30)/t17-,20-,21-,24-/m1/s1. The first-order chi connectivity index (χ1) is 18.3. The molecule has 200 valence electrons. The number of benzene rings is 1. The molecule has 0 saturated carbocycles. The number of fused-ring (bicyclic) bond motifs is 1. The van der Waals surface area contributed by atoms with E-state index in [0.717, 1.165) is 12.8 Å². The number of anilines is 1. The number of halogens is 1. The van der Waals surface area contributed by atoms with Crippen molar-refractivity contribution in [1.29, 1.82) is 0 Å². The Morgan fingerprint density at radius 1 is 1.18 bits per heavy atom. The molecule has 0 unspecified atom stereocenters. The lowest BCUT2D eigenvalue weighted by molar-refractivity contribution is -0.0511. The summed E-state index contributed by atoms with van der Waals surface area (Å²) in [5.74, 6) is 7.10. The fourth-order valence-corrected chi connectivity index (χ4v) is 4.68. The predicted octanol–water partition coefficient (Wildman–Crippen LogP) is 1.33. The van der Waals surface area contributed by atoms with Crippen LogP contribution < -0.4 is 10.5 Å². The van der Waals surface area contributed by atoms with Gasteiger partial charge in [0.2, 0.25) is 5.82 Å². The molecule has 5 N–H and O–H groups in total. The molecule has 2 aliphatic heterocycles. The van der Waals surface area contributed by atoms with Gasteiger partial charge >= 0.3 is 6.09 Å². The monoisotopic (exact) mass is 542 g/mol. The van der Waals surface area contributed by atoms with Crippen molar-refractivity contribution < 1.29 is 29.6 Å². The third-order valence-corrected chi connectivity index (χ3v) is 6.97. The van der Waals surface area contributed by atoms with Crippen LogP contribution in [0.3, 0.4) is 0 Å². The first kappa shape index (κ1) is 26.1. The van der Waals surface area contributed by atoms with E-state index in [1.54, 1.807) is 29.2 Å². The van der Waals surface area contributed by atoms with Crippen LogP contribution in [0, 0.1) is 17.8 Å². The normalized spacial score (nSPS) is 23.8. The van der Waals surface area contributed by atoms with E-state index in [-0.39, 0.29) is 17.7 Å². The molecule has 1 amide bonds. The van der Waals surface area contributed by atoms with Gasteiger partial charge in [0.25, 0.3) is 0 Å². The molecular weight excluding hydrogens is 516 g/mol. The van der Waals surface area contributed by atoms with E-state index < -0.39 is 31.1 Å². The van der Waals surface area contributed by atoms with E-state index in [1.165, 1.54) is 10.9 Å². The van der Waals surface area contributed by atoms with Crippen LogP contribution in [-0.4, -0.2) is 83.8 Å². The highest BCUT2D eigenvalue weighted by molar-refractivity contribution is 6.30. The number of hydrogen-bond donors (Lipinski definition) is 4. The fraction of sp³-hybridized carbons (Fsp3) is 0.440. The van der Waals surface area contributed by atoms with E-state index in [4.69, 9.17) is 26.8 Å². The van der Waals surface area contributed by atoms with Crippen molar-refractivity contribution in [1.82, 2.24) is 24.4 Å². The largest absolute Gasteiger partial charge is 0.415 e. The molecule has 1 aromatic carbocycles. The summed E-state index contributed by atoms with van der Waals surface area (Å²) < 4.78 is 12.4. The SMILES string of the molecule is Nc1nc(C#CCC2CCN(C(=O)Oc3ccc(Cl)cc3)CC2)nc2c1ncn2[C@@H]1O[C@H](CO)[C@@H](O)[C@H]1O. The second-order valence-corrected chi connectivity index (χ2v) is 9.68. The van der Waals surface area contributed by atoms with Crippen LogP contribution >= 0.6 is 11.6 Å². The third kappa shape index (κ3) is 5.38. The zero-order valence-corrected chi connectivity index (χ0v) is 21.0. The number of aromatic nitrogens is 4. The van der Waals surface area contributed by atoms with Crippen LogP contribution in [0.5, 0.6) is 5.75 Å². The number of likely N-dealkylation sites (tertiary alicyclic amines) is 1. The molecule has 5 rings (SSSR count). The summed E-state index contributed by atoms with van der Waals surface area (Å²) in [4.78, 5) is 27.0. The molecule has 2 fully saturated rings. The number of ether oxygens (including phenoxy) is 2. The van der Waals surface area contributed by atoms with Gasteiger partial charge in [-0.3, -0.25) is 4.57 Å². The van der Waals surface area contributed by atoms with Crippen LogP contribution in [-0.2, 0) is 4.74 Å². The molecular formula is C25H27ClN6O6. The first-order valence-electron chi connectivity index (χ1n) is 12.2. The van der Waals surface area contributed by atoms with Crippen molar-refractivity contribution in [3.8, 4) is 17.6 Å². The first-order valence-corrected chi connectivity index (χ1v) is 12.6. The Balaban J connectivity index is 1.20. The average Bonchev–Trinajstić information content (AvgIpc) is 3.46. The number of carbonyl (C=O) groups is 1. The number of aliphatic hydroxyl groups is 3. The van der Waals surface area contributed by atoms with Gasteiger partial charge in [0.1, 0.15) is 29.6 Å². The Hall–Kier alpha value is -3.47. The number of nitrogen functional groups attached to an aromatic ring is 1. The van der Waals surface area contributed by atoms with Gasteiger partial charge in [0.15, 0.2) is 17.7 Å². The Kier molecular flexibility index (Phi) is 7.64. The minimum atomic E-state index is -1.29. The zero-order chi connectivity index (χ0) is 26.8. The van der Waals surface area contributed by atoms with E-state index in [9.17, 15) is 20.1 Å². The lowest BCUT2D eigenvalue weighted by atomic mass is 9.94. The van der Waals surface area contributed by atoms with E-state index in [2.05, 4.69) is 26.8 Å². The van der Waals surface area contributed by atoms with Gasteiger partial charge in [-0.05, 0) is 48.9 Å². The number of amides is 1. The van der Waals surface area contributed by atoms with Crippen molar-refractivity contribution in [3.63, 3.8) is 0 Å². The maximum atomic E-state index is 12.4. The molecule has 2 aromatic heterocycles. The predicted molar refractivity (Wildman–Crippen MR) is 136 cm³/mol. The maximum absolute atomic E-state index is 12.4. The van der Waals surface area contributed by atoms with Gasteiger partial charge in [-0.1, -0.05) is 17.5 Å². The molecule has 0 radical (unpaired) electrons. The van der Waals surface area contributed by atoms with Gasteiger partial charge in [0.05, 0.1) is 12.9 Å². The second-order valence-electron chi connectivity index (χ2n) is 9.24. The van der Waals surface area contributed by atoms with Crippen LogP contribution in [0.2, 0.25) is 5.02 Å².